The molecule has 1 amide bonds. The molecule has 0 spiro atoms. The van der Waals surface area contributed by atoms with Gasteiger partial charge < -0.3 is 4.90 Å². The van der Waals surface area contributed by atoms with E-state index in [1.807, 2.05) is 0 Å². The fourth-order valence-electron chi connectivity index (χ4n) is 2.15. The smallest absolute Gasteiger partial charge is 0.338 e. The summed E-state index contributed by atoms with van der Waals surface area (Å²) in [6.07, 6.45) is -2.86. The molecule has 2 rings (SSSR count). The summed E-state index contributed by atoms with van der Waals surface area (Å²) in [5.41, 5.74) is 0.0234. The van der Waals surface area contributed by atoms with Gasteiger partial charge in [0.1, 0.15) is 0 Å². The van der Waals surface area contributed by atoms with E-state index in [1.54, 1.807) is 0 Å². The molecule has 19 heavy (non-hydrogen) atoms. The number of pyridine rings is 1. The van der Waals surface area contributed by atoms with Gasteiger partial charge in [0, 0.05) is 30.9 Å². The van der Waals surface area contributed by atoms with Gasteiger partial charge in [0.05, 0.1) is 5.92 Å². The van der Waals surface area contributed by atoms with Gasteiger partial charge in [0.25, 0.3) is 5.91 Å². The van der Waals surface area contributed by atoms with Gasteiger partial charge in [-0.25, -0.2) is 4.98 Å². The highest BCUT2D eigenvalue weighted by Crippen LogP contribution is 2.33. The minimum absolute atomic E-state index is 0.0234. The third-order valence-corrected chi connectivity index (χ3v) is 3.15. The summed E-state index contributed by atoms with van der Waals surface area (Å²) in [6.45, 7) is -0.109. The van der Waals surface area contributed by atoms with Crippen LogP contribution in [0.2, 0.25) is 0 Å². The maximum absolute atomic E-state index is 12.9. The number of piperidine rings is 1. The molecule has 0 aromatic carbocycles. The van der Waals surface area contributed by atoms with Crippen LogP contribution in [0.1, 0.15) is 23.2 Å². The van der Waals surface area contributed by atoms with Crippen LogP contribution in [0.3, 0.4) is 0 Å². The zero-order valence-electron chi connectivity index (χ0n) is 9.95. The Kier molecular flexibility index (Phi) is 3.73. The lowest BCUT2D eigenvalue weighted by Crippen LogP contribution is -2.44. The van der Waals surface area contributed by atoms with Crippen LogP contribution in [-0.4, -0.2) is 35.1 Å². The van der Waals surface area contributed by atoms with E-state index in [1.165, 1.54) is 6.07 Å². The van der Waals surface area contributed by atoms with E-state index in [4.69, 9.17) is 0 Å². The van der Waals surface area contributed by atoms with Crippen LogP contribution >= 0.6 is 0 Å². The largest absolute Gasteiger partial charge is 0.393 e. The molecule has 3 nitrogen and oxygen atoms in total. The molecule has 7 heteroatoms. The first-order valence-corrected chi connectivity index (χ1v) is 5.85. The highest BCUT2D eigenvalue weighted by molar-refractivity contribution is 5.94. The molecule has 0 saturated carbocycles. The molecule has 1 fully saturated rings. The molecule has 1 aromatic heterocycles. The zero-order chi connectivity index (χ0) is 14.0. The van der Waals surface area contributed by atoms with E-state index in [-0.39, 0.29) is 25.1 Å². The number of amides is 1. The van der Waals surface area contributed by atoms with E-state index in [0.717, 1.165) is 17.2 Å². The minimum atomic E-state index is -4.30. The summed E-state index contributed by atoms with van der Waals surface area (Å²) in [6, 6.07) is 2.22. The predicted octanol–water partition coefficient (Wildman–Crippen LogP) is 2.64. The summed E-state index contributed by atoms with van der Waals surface area (Å²) in [4.78, 5) is 16.4. The molecule has 0 radical (unpaired) electrons. The Hall–Kier alpha value is -1.66. The Morgan fingerprint density at radius 2 is 2.16 bits per heavy atom. The lowest BCUT2D eigenvalue weighted by atomic mass is 9.97. The zero-order valence-corrected chi connectivity index (χ0v) is 9.95. The first-order valence-electron chi connectivity index (χ1n) is 5.85. The van der Waals surface area contributed by atoms with Gasteiger partial charge in [-0.3, -0.25) is 4.79 Å². The number of carbonyl (C=O) groups is 1. The number of likely N-dealkylation sites (tertiary alicyclic amines) is 1. The van der Waals surface area contributed by atoms with Gasteiger partial charge in [-0.1, -0.05) is 0 Å². The van der Waals surface area contributed by atoms with E-state index in [2.05, 4.69) is 4.98 Å². The molecule has 2 heterocycles. The van der Waals surface area contributed by atoms with Crippen LogP contribution in [0.5, 0.6) is 0 Å². The molecular formula is C12H12F4N2O. The van der Waals surface area contributed by atoms with Crippen molar-refractivity contribution in [1.82, 2.24) is 9.88 Å². The van der Waals surface area contributed by atoms with Crippen molar-refractivity contribution in [1.29, 1.82) is 0 Å². The Bertz CT molecular complexity index is 475. The molecule has 0 N–H and O–H groups in total. The van der Waals surface area contributed by atoms with Crippen molar-refractivity contribution < 1.29 is 22.4 Å². The first kappa shape index (κ1) is 13.8. The number of rotatable bonds is 1. The summed E-state index contributed by atoms with van der Waals surface area (Å²) < 4.78 is 50.8. The van der Waals surface area contributed by atoms with E-state index < -0.39 is 23.9 Å². The van der Waals surface area contributed by atoms with Gasteiger partial charge in [0.2, 0.25) is 5.95 Å². The second kappa shape index (κ2) is 5.14. The highest BCUT2D eigenvalue weighted by Gasteiger charge is 2.42. The van der Waals surface area contributed by atoms with Gasteiger partial charge in [-0.2, -0.15) is 17.6 Å². The Morgan fingerprint density at radius 3 is 2.79 bits per heavy atom. The summed E-state index contributed by atoms with van der Waals surface area (Å²) >= 11 is 0. The standard InChI is InChI=1S/C12H12F4N2O/c13-10-6-8(3-4-17-10)11(19)18-5-1-2-9(7-18)12(14,15)16/h3-4,6,9H,1-2,5,7H2. The quantitative estimate of drug-likeness (QED) is 0.583. The Morgan fingerprint density at radius 1 is 1.42 bits per heavy atom. The van der Waals surface area contributed by atoms with E-state index >= 15 is 0 Å². The number of alkyl halides is 3. The van der Waals surface area contributed by atoms with Gasteiger partial charge in [-0.05, 0) is 18.9 Å². The fourth-order valence-corrected chi connectivity index (χ4v) is 2.15. The van der Waals surface area contributed by atoms with Gasteiger partial charge in [0.15, 0.2) is 0 Å². The minimum Gasteiger partial charge on any atom is -0.338 e. The number of nitrogens with zero attached hydrogens (tertiary/aromatic N) is 2. The second-order valence-electron chi connectivity index (χ2n) is 4.50. The molecule has 1 atom stereocenters. The van der Waals surface area contributed by atoms with Crippen molar-refractivity contribution in [2.24, 2.45) is 5.92 Å². The number of hydrogen-bond donors (Lipinski definition) is 0. The molecule has 0 aliphatic carbocycles. The molecule has 0 bridgehead atoms. The average molecular weight is 276 g/mol. The number of halogens is 4. The molecule has 1 saturated heterocycles. The monoisotopic (exact) mass is 276 g/mol. The van der Waals surface area contributed by atoms with Crippen LogP contribution in [-0.2, 0) is 0 Å². The normalized spacial score (nSPS) is 20.4. The lowest BCUT2D eigenvalue weighted by molar-refractivity contribution is -0.184. The Labute approximate surface area is 107 Å². The number of aromatic nitrogens is 1. The van der Waals surface area contributed by atoms with Crippen molar-refractivity contribution in [2.45, 2.75) is 19.0 Å². The predicted molar refractivity (Wildman–Crippen MR) is 58.9 cm³/mol. The number of carbonyl (C=O) groups excluding carboxylic acids is 1. The molecular weight excluding hydrogens is 264 g/mol. The summed E-state index contributed by atoms with van der Waals surface area (Å²) in [7, 11) is 0. The van der Waals surface area contributed by atoms with Crippen LogP contribution in [0.4, 0.5) is 17.6 Å². The Balaban J connectivity index is 2.11. The van der Waals surface area contributed by atoms with Crippen molar-refractivity contribution in [3.05, 3.63) is 29.8 Å². The van der Waals surface area contributed by atoms with Crippen molar-refractivity contribution >= 4 is 5.91 Å². The van der Waals surface area contributed by atoms with Crippen molar-refractivity contribution in [3.8, 4) is 0 Å². The maximum atomic E-state index is 12.9. The van der Waals surface area contributed by atoms with E-state index in [0.29, 0.717) is 6.42 Å². The van der Waals surface area contributed by atoms with Gasteiger partial charge in [-0.15, -0.1) is 0 Å². The van der Waals surface area contributed by atoms with Crippen LogP contribution < -0.4 is 0 Å². The molecule has 1 aliphatic rings. The molecule has 104 valence electrons. The molecule has 1 aromatic rings. The lowest BCUT2D eigenvalue weighted by Gasteiger charge is -2.33. The SMILES string of the molecule is O=C(c1ccnc(F)c1)N1CCCC(C(F)(F)F)C1. The fraction of sp³-hybridized carbons (Fsp3) is 0.500. The third kappa shape index (κ3) is 3.21. The van der Waals surface area contributed by atoms with Crippen LogP contribution in [0, 0.1) is 11.9 Å². The van der Waals surface area contributed by atoms with Gasteiger partial charge >= 0.3 is 6.18 Å². The third-order valence-electron chi connectivity index (χ3n) is 3.15. The second-order valence-corrected chi connectivity index (χ2v) is 4.50. The molecule has 1 aliphatic heterocycles. The van der Waals surface area contributed by atoms with Crippen molar-refractivity contribution in [3.63, 3.8) is 0 Å². The van der Waals surface area contributed by atoms with E-state index in [9.17, 15) is 22.4 Å². The van der Waals surface area contributed by atoms with Crippen molar-refractivity contribution in [2.75, 3.05) is 13.1 Å². The summed E-state index contributed by atoms with van der Waals surface area (Å²) in [5, 5.41) is 0. The summed E-state index contributed by atoms with van der Waals surface area (Å²) in [5.74, 6) is -2.91. The van der Waals surface area contributed by atoms with Crippen LogP contribution in [0.25, 0.3) is 0 Å². The van der Waals surface area contributed by atoms with Crippen LogP contribution in [0.15, 0.2) is 18.3 Å². The average Bonchev–Trinajstić information content (AvgIpc) is 2.37. The number of hydrogen-bond acceptors (Lipinski definition) is 2. The first-order chi connectivity index (χ1) is 8.88. The maximum Gasteiger partial charge on any atom is 0.393 e. The molecule has 1 unspecified atom stereocenters. The highest BCUT2D eigenvalue weighted by atomic mass is 19.4. The topological polar surface area (TPSA) is 33.2 Å².